The summed E-state index contributed by atoms with van der Waals surface area (Å²) in [6, 6.07) is 0. The summed E-state index contributed by atoms with van der Waals surface area (Å²) in [6.45, 7) is 0. The molecule has 0 heterocycles. The smallest absolute Gasteiger partial charge is 0.342 e. The van der Waals surface area contributed by atoms with E-state index in [1.807, 2.05) is 0 Å². The zero-order valence-electron chi connectivity index (χ0n) is 12.2. The first kappa shape index (κ1) is 16.7. The monoisotopic (exact) mass is 298 g/mol. The molecule has 0 fully saturated rings. The van der Waals surface area contributed by atoms with Crippen molar-refractivity contribution in [2.45, 2.75) is 25.7 Å². The maximum Gasteiger partial charge on any atom is 0.342 e. The van der Waals surface area contributed by atoms with Gasteiger partial charge in [0.1, 0.15) is 11.3 Å². The highest BCUT2D eigenvalue weighted by atomic mass is 16.5. The summed E-state index contributed by atoms with van der Waals surface area (Å²) in [5.74, 6) is -2.85. The molecule has 7 heteroatoms. The molecule has 1 aliphatic carbocycles. The minimum atomic E-state index is -0.906. The van der Waals surface area contributed by atoms with Gasteiger partial charge in [-0.2, -0.15) is 0 Å². The zero-order chi connectivity index (χ0) is 16.0. The van der Waals surface area contributed by atoms with E-state index in [1.165, 1.54) is 7.11 Å². The lowest BCUT2D eigenvalue weighted by atomic mass is 9.91. The Bertz CT molecular complexity index is 513. The normalized spacial score (nSPS) is 16.0. The molecule has 1 N–H and O–H groups in total. The Labute approximate surface area is 122 Å². The molecule has 1 aliphatic rings. The number of esters is 3. The van der Waals surface area contributed by atoms with Crippen molar-refractivity contribution in [1.29, 1.82) is 0 Å². The van der Waals surface area contributed by atoms with E-state index in [1.54, 1.807) is 0 Å². The van der Waals surface area contributed by atoms with Crippen molar-refractivity contribution in [2.24, 2.45) is 0 Å². The predicted octanol–water partition coefficient (Wildman–Crippen LogP) is 1.19. The summed E-state index contributed by atoms with van der Waals surface area (Å²) in [6.07, 6.45) is 1.56. The number of aliphatic hydroxyl groups excluding tert-OH is 1. The number of methoxy groups -OCH3 is 3. The van der Waals surface area contributed by atoms with Gasteiger partial charge in [0, 0.05) is 6.42 Å². The highest BCUT2D eigenvalue weighted by Gasteiger charge is 2.33. The van der Waals surface area contributed by atoms with Crippen LogP contribution in [0.1, 0.15) is 25.7 Å². The zero-order valence-corrected chi connectivity index (χ0v) is 12.2. The number of aliphatic hydroxyl groups is 1. The van der Waals surface area contributed by atoms with Gasteiger partial charge in [-0.3, -0.25) is 0 Å². The molecule has 0 saturated carbocycles. The third-order valence-corrected chi connectivity index (χ3v) is 3.14. The molecule has 0 aromatic heterocycles. The molecule has 0 radical (unpaired) electrons. The Hall–Kier alpha value is -2.31. The van der Waals surface area contributed by atoms with Crippen molar-refractivity contribution >= 4 is 17.9 Å². The molecular weight excluding hydrogens is 280 g/mol. The second kappa shape index (κ2) is 7.47. The topological polar surface area (TPSA) is 99.1 Å². The molecule has 0 aliphatic heterocycles. The first-order valence-corrected chi connectivity index (χ1v) is 6.38. The maximum absolute atomic E-state index is 12.0. The highest BCUT2D eigenvalue weighted by molar-refractivity contribution is 6.12. The number of hydrogen-bond donors (Lipinski definition) is 1. The van der Waals surface area contributed by atoms with E-state index < -0.39 is 17.9 Å². The Kier molecular flexibility index (Phi) is 5.95. The summed E-state index contributed by atoms with van der Waals surface area (Å²) in [5, 5.41) is 10.0. The second-order valence-electron chi connectivity index (χ2n) is 4.36. The molecule has 0 amide bonds. The summed E-state index contributed by atoms with van der Waals surface area (Å²) in [7, 11) is 3.41. The van der Waals surface area contributed by atoms with Gasteiger partial charge in [0.2, 0.25) is 0 Å². The van der Waals surface area contributed by atoms with Gasteiger partial charge in [0.15, 0.2) is 0 Å². The van der Waals surface area contributed by atoms with E-state index in [0.717, 1.165) is 14.2 Å². The van der Waals surface area contributed by atoms with Crippen LogP contribution in [0, 0.1) is 0 Å². The minimum Gasteiger partial charge on any atom is -0.511 e. The van der Waals surface area contributed by atoms with Gasteiger partial charge >= 0.3 is 17.9 Å². The highest BCUT2D eigenvalue weighted by Crippen LogP contribution is 2.29. The van der Waals surface area contributed by atoms with Crippen LogP contribution in [-0.4, -0.2) is 44.3 Å². The summed E-state index contributed by atoms with van der Waals surface area (Å²) in [4.78, 5) is 35.8. The molecule has 0 atom stereocenters. The fourth-order valence-electron chi connectivity index (χ4n) is 2.12. The van der Waals surface area contributed by atoms with Crippen LogP contribution in [0.2, 0.25) is 0 Å². The van der Waals surface area contributed by atoms with Crippen LogP contribution in [0.4, 0.5) is 0 Å². The van der Waals surface area contributed by atoms with Gasteiger partial charge in [0.05, 0.1) is 32.5 Å². The molecule has 1 rings (SSSR count). The van der Waals surface area contributed by atoms with Crippen LogP contribution in [-0.2, 0) is 28.6 Å². The molecule has 0 unspecified atom stereocenters. The van der Waals surface area contributed by atoms with Gasteiger partial charge in [-0.15, -0.1) is 0 Å². The fraction of sp³-hybridized carbons (Fsp3) is 0.500. The molecule has 0 aromatic rings. The van der Waals surface area contributed by atoms with E-state index in [0.29, 0.717) is 12.8 Å². The first-order valence-electron chi connectivity index (χ1n) is 6.38. The number of carbonyl (C=O) groups excluding carboxylic acids is 3. The Morgan fingerprint density at radius 2 is 1.29 bits per heavy atom. The van der Waals surface area contributed by atoms with Crippen molar-refractivity contribution in [3.63, 3.8) is 0 Å². The Morgan fingerprint density at radius 3 is 1.81 bits per heavy atom. The van der Waals surface area contributed by atoms with E-state index in [9.17, 15) is 19.5 Å². The van der Waals surface area contributed by atoms with E-state index >= 15 is 0 Å². The number of ether oxygens (including phenoxy) is 3. The molecule has 0 aromatic carbocycles. The van der Waals surface area contributed by atoms with Crippen LogP contribution < -0.4 is 0 Å². The molecule has 0 spiro atoms. The van der Waals surface area contributed by atoms with Crippen LogP contribution in [0.15, 0.2) is 22.5 Å². The van der Waals surface area contributed by atoms with Crippen LogP contribution in [0.5, 0.6) is 0 Å². The van der Waals surface area contributed by atoms with Crippen molar-refractivity contribution in [3.8, 4) is 0 Å². The van der Waals surface area contributed by atoms with E-state index in [-0.39, 0.29) is 35.3 Å². The predicted molar refractivity (Wildman–Crippen MR) is 71.2 cm³/mol. The Balaban J connectivity index is 3.61. The lowest BCUT2D eigenvalue weighted by molar-refractivity contribution is -0.141. The Morgan fingerprint density at radius 1 is 0.810 bits per heavy atom. The largest absolute Gasteiger partial charge is 0.511 e. The maximum atomic E-state index is 12.0. The molecular formula is C14H18O7. The quantitative estimate of drug-likeness (QED) is 0.617. The van der Waals surface area contributed by atoms with Gasteiger partial charge in [-0.25, -0.2) is 14.4 Å². The first-order chi connectivity index (χ1) is 9.97. The summed E-state index contributed by atoms with van der Waals surface area (Å²) < 4.78 is 13.9. The molecule has 0 bridgehead atoms. The lowest BCUT2D eigenvalue weighted by Crippen LogP contribution is -2.23. The molecule has 0 saturated heterocycles. The third kappa shape index (κ3) is 3.62. The fourth-order valence-corrected chi connectivity index (χ4v) is 2.12. The molecule has 116 valence electrons. The van der Waals surface area contributed by atoms with Gasteiger partial charge in [-0.05, 0) is 19.3 Å². The van der Waals surface area contributed by atoms with Crippen molar-refractivity contribution in [2.75, 3.05) is 21.3 Å². The van der Waals surface area contributed by atoms with E-state index in [2.05, 4.69) is 14.2 Å². The van der Waals surface area contributed by atoms with Gasteiger partial charge < -0.3 is 19.3 Å². The number of rotatable bonds is 3. The van der Waals surface area contributed by atoms with Crippen molar-refractivity contribution in [1.82, 2.24) is 0 Å². The van der Waals surface area contributed by atoms with Crippen LogP contribution in [0.25, 0.3) is 0 Å². The van der Waals surface area contributed by atoms with Crippen LogP contribution in [0.3, 0.4) is 0 Å². The average molecular weight is 298 g/mol. The second-order valence-corrected chi connectivity index (χ2v) is 4.36. The molecule has 7 nitrogen and oxygen atoms in total. The number of hydrogen-bond acceptors (Lipinski definition) is 7. The van der Waals surface area contributed by atoms with Gasteiger partial charge in [0.25, 0.3) is 0 Å². The van der Waals surface area contributed by atoms with E-state index in [4.69, 9.17) is 0 Å². The number of allylic oxidation sites excluding steroid dienone is 1. The van der Waals surface area contributed by atoms with Crippen molar-refractivity contribution in [3.05, 3.63) is 22.5 Å². The third-order valence-electron chi connectivity index (χ3n) is 3.14. The summed E-state index contributed by atoms with van der Waals surface area (Å²) in [5.41, 5.74) is -0.645. The SMILES string of the molecule is COC(=O)C1=C(C(=O)OC)C(C(=O)OC)=C(O)CCCC1. The standard InChI is InChI=1S/C14H18O7/c1-19-12(16)8-6-4-5-7-9(15)11(14(18)21-3)10(8)13(17)20-2/h15H,4-7H2,1-3H3. The van der Waals surface area contributed by atoms with Gasteiger partial charge in [-0.1, -0.05) is 0 Å². The molecule has 21 heavy (non-hydrogen) atoms. The average Bonchev–Trinajstić information content (AvgIpc) is 2.49. The van der Waals surface area contributed by atoms with Crippen LogP contribution >= 0.6 is 0 Å². The number of carbonyl (C=O) groups is 3. The summed E-state index contributed by atoms with van der Waals surface area (Å²) >= 11 is 0. The minimum absolute atomic E-state index is 0.00370. The lowest BCUT2D eigenvalue weighted by Gasteiger charge is -2.18. The van der Waals surface area contributed by atoms with Crippen molar-refractivity contribution < 1.29 is 33.7 Å².